The van der Waals surface area contributed by atoms with Gasteiger partial charge in [0.05, 0.1) is 11.8 Å². The summed E-state index contributed by atoms with van der Waals surface area (Å²) in [4.78, 5) is 45.6. The van der Waals surface area contributed by atoms with Gasteiger partial charge in [-0.05, 0) is 85.9 Å². The van der Waals surface area contributed by atoms with Gasteiger partial charge in [-0.25, -0.2) is 9.18 Å². The van der Waals surface area contributed by atoms with E-state index in [0.717, 1.165) is 53.6 Å². The minimum Gasteiger partial charge on any atom is -0.507 e. The zero-order chi connectivity index (χ0) is 43.7. The van der Waals surface area contributed by atoms with Crippen LogP contribution in [-0.4, -0.2) is 113 Å². The first-order valence-corrected chi connectivity index (χ1v) is 21.6. The molecule has 328 valence electrons. The van der Waals surface area contributed by atoms with Crippen LogP contribution in [-0.2, 0) is 9.53 Å². The summed E-state index contributed by atoms with van der Waals surface area (Å²) in [6, 6.07) is 20.5. The summed E-state index contributed by atoms with van der Waals surface area (Å²) in [6.45, 7) is 6.19. The number of rotatable bonds is 10. The number of halogens is 1. The molecule has 8 N–H and O–H groups in total. The van der Waals surface area contributed by atoms with Crippen LogP contribution in [0.3, 0.4) is 0 Å². The van der Waals surface area contributed by atoms with Crippen LogP contribution in [0.4, 0.5) is 14.9 Å². The fourth-order valence-corrected chi connectivity index (χ4v) is 9.91. The lowest BCUT2D eigenvalue weighted by molar-refractivity contribution is -0.120. The number of hydrogen-bond acceptors (Lipinski definition) is 10. The molecule has 0 saturated carbocycles. The second-order valence-corrected chi connectivity index (χ2v) is 17.3. The first-order chi connectivity index (χ1) is 29.8. The van der Waals surface area contributed by atoms with E-state index in [1.165, 1.54) is 0 Å². The number of likely N-dealkylation sites (tertiary alicyclic amines) is 3. The van der Waals surface area contributed by atoms with Crippen LogP contribution >= 0.6 is 0 Å². The average Bonchev–Trinajstić information content (AvgIpc) is 3.71. The van der Waals surface area contributed by atoms with E-state index in [0.29, 0.717) is 81.1 Å². The Morgan fingerprint density at radius 2 is 1.65 bits per heavy atom. The molecule has 4 fully saturated rings. The second-order valence-electron chi connectivity index (χ2n) is 17.3. The number of nitrogens with one attached hydrogen (secondary N) is 1. The molecule has 62 heavy (non-hydrogen) atoms. The lowest BCUT2D eigenvalue weighted by atomic mass is 9.86. The molecule has 0 radical (unpaired) electrons. The zero-order valence-electron chi connectivity index (χ0n) is 35.6. The van der Waals surface area contributed by atoms with Crippen molar-refractivity contribution in [2.75, 3.05) is 64.4 Å². The predicted octanol–water partition coefficient (Wildman–Crippen LogP) is 5.27. The maximum absolute atomic E-state index is 16.4. The number of methoxy groups -OCH3 is 1. The highest BCUT2D eigenvalue weighted by atomic mass is 19.1. The van der Waals surface area contributed by atoms with Crippen LogP contribution in [0, 0.1) is 6.92 Å². The summed E-state index contributed by atoms with van der Waals surface area (Å²) >= 11 is 0. The van der Waals surface area contributed by atoms with E-state index < -0.39 is 5.67 Å². The maximum atomic E-state index is 16.4. The van der Waals surface area contributed by atoms with Crippen molar-refractivity contribution >= 4 is 40.1 Å². The number of carbonyl (C=O) groups is 3. The third-order valence-electron chi connectivity index (χ3n) is 13.5. The minimum atomic E-state index is -1.37. The highest BCUT2D eigenvalue weighted by Gasteiger charge is 2.39. The molecule has 2 unspecified atom stereocenters. The topological polar surface area (TPSA) is 189 Å². The van der Waals surface area contributed by atoms with Gasteiger partial charge in [0, 0.05) is 130 Å². The van der Waals surface area contributed by atoms with Crippen LogP contribution in [0.25, 0.3) is 16.6 Å². The molecule has 4 aliphatic heterocycles. The van der Waals surface area contributed by atoms with Crippen molar-refractivity contribution in [2.24, 2.45) is 17.2 Å². The molecule has 4 aliphatic rings. The second kappa shape index (κ2) is 17.7. The summed E-state index contributed by atoms with van der Waals surface area (Å²) in [5, 5.41) is 13.8. The molecular weight excluding hydrogens is 790 g/mol. The number of carbonyl (C=O) groups excluding carboxylic acids is 3. The van der Waals surface area contributed by atoms with E-state index in [4.69, 9.17) is 21.9 Å². The average molecular weight is 848 g/mol. The summed E-state index contributed by atoms with van der Waals surface area (Å²) in [6.07, 6.45) is 7.09. The summed E-state index contributed by atoms with van der Waals surface area (Å²) in [5.41, 5.74) is 23.3. The van der Waals surface area contributed by atoms with Gasteiger partial charge in [0.1, 0.15) is 17.2 Å². The number of amides is 4. The van der Waals surface area contributed by atoms with Gasteiger partial charge in [0.25, 0.3) is 5.91 Å². The van der Waals surface area contributed by atoms with E-state index in [-0.39, 0.29) is 53.9 Å². The normalized spacial score (nSPS) is 21.6. The van der Waals surface area contributed by atoms with Crippen LogP contribution in [0.1, 0.15) is 77.5 Å². The lowest BCUT2D eigenvalue weighted by Crippen LogP contribution is -2.51. The number of ether oxygens (including phenoxy) is 1. The molecule has 14 nitrogen and oxygen atoms in total. The number of nitrogens with zero attached hydrogens (tertiary/aromatic N) is 5. The van der Waals surface area contributed by atoms with Crippen molar-refractivity contribution in [2.45, 2.75) is 69.2 Å². The Labute approximate surface area is 361 Å². The number of aryl methyl sites for hydroxylation is 1. The zero-order valence-corrected chi connectivity index (χ0v) is 35.6. The van der Waals surface area contributed by atoms with Gasteiger partial charge in [-0.3, -0.25) is 19.8 Å². The Morgan fingerprint density at radius 3 is 2.32 bits per heavy atom. The van der Waals surface area contributed by atoms with Crippen LogP contribution < -0.4 is 27.4 Å². The molecule has 3 aromatic carbocycles. The van der Waals surface area contributed by atoms with Crippen molar-refractivity contribution in [1.82, 2.24) is 24.6 Å². The van der Waals surface area contributed by atoms with E-state index >= 15 is 4.39 Å². The van der Waals surface area contributed by atoms with Gasteiger partial charge in [0.15, 0.2) is 0 Å². The van der Waals surface area contributed by atoms with E-state index in [1.807, 2.05) is 37.3 Å². The highest BCUT2D eigenvalue weighted by Crippen LogP contribution is 2.37. The number of phenolic OH excluding ortho intramolecular Hbond substituents is 1. The van der Waals surface area contributed by atoms with E-state index in [9.17, 15) is 19.5 Å². The molecule has 4 saturated heterocycles. The van der Waals surface area contributed by atoms with Crippen molar-refractivity contribution in [3.8, 4) is 5.75 Å². The number of benzene rings is 3. The first-order valence-electron chi connectivity index (χ1n) is 21.6. The first kappa shape index (κ1) is 42.6. The smallest absolute Gasteiger partial charge is 0.328 e. The van der Waals surface area contributed by atoms with Gasteiger partial charge in [0.2, 0.25) is 5.91 Å². The van der Waals surface area contributed by atoms with Gasteiger partial charge in [-0.2, -0.15) is 0 Å². The standard InChI is InChI=1S/C47H58FN9O5/c1-30-34-15-23-56(39(34)12-11-38(30)57-24-17-43(59)52-46(57)61)33-13-20-53(21-14-33)29-47(48)18-25-54(26-19-47)45(60)32-9-7-31(8-10-32)36-28-55(22-16-42(36)62-2)40(44(50)51)27-37(49)35-5-3-4-6-41(35)58/h3-12,15,23,27,33,36,42,58H,13-14,16-22,24-26,28-29,49-51H2,1-2H3,(H,52,59,61)/b37-27-. The number of phenols is 1. The number of piperidine rings is 3. The summed E-state index contributed by atoms with van der Waals surface area (Å²) in [7, 11) is 1.70. The number of urea groups is 1. The number of nitrogens with two attached hydrogens (primary N) is 3. The number of allylic oxidation sites excluding steroid dienone is 1. The number of imide groups is 1. The SMILES string of the molecule is COC1CCN(C(/C=C(\N)c2ccccc2O)=C(N)N)CC1c1ccc(C(=O)N2CCC(F)(CN3CCC(n4ccc5c(C)c(N6CCC(=O)NC6=O)ccc54)CC3)CC2)cc1. The summed E-state index contributed by atoms with van der Waals surface area (Å²) in [5.74, 6) is -0.229. The molecular formula is C47H58FN9O5. The molecule has 0 spiro atoms. The van der Waals surface area contributed by atoms with Crippen LogP contribution in [0.2, 0.25) is 0 Å². The fraction of sp³-hybridized carbons (Fsp3) is 0.426. The van der Waals surface area contributed by atoms with Crippen molar-refractivity contribution in [1.29, 1.82) is 0 Å². The van der Waals surface area contributed by atoms with Gasteiger partial charge < -0.3 is 46.3 Å². The number of para-hydroxylation sites is 1. The lowest BCUT2D eigenvalue weighted by Gasteiger charge is -2.41. The molecule has 4 amide bonds. The Balaban J connectivity index is 0.844. The third kappa shape index (κ3) is 8.68. The molecule has 0 bridgehead atoms. The Hall–Kier alpha value is -6.06. The highest BCUT2D eigenvalue weighted by molar-refractivity contribution is 6.07. The molecule has 5 heterocycles. The third-order valence-corrected chi connectivity index (χ3v) is 13.5. The maximum Gasteiger partial charge on any atom is 0.328 e. The van der Waals surface area contributed by atoms with Gasteiger partial charge in [-0.15, -0.1) is 0 Å². The minimum absolute atomic E-state index is 0.0514. The number of anilines is 1. The molecule has 15 heteroatoms. The van der Waals surface area contributed by atoms with E-state index in [1.54, 1.807) is 47.3 Å². The Bertz CT molecular complexity index is 2380. The van der Waals surface area contributed by atoms with Gasteiger partial charge in [-0.1, -0.05) is 24.3 Å². The van der Waals surface area contributed by atoms with Gasteiger partial charge >= 0.3 is 6.03 Å². The fourth-order valence-electron chi connectivity index (χ4n) is 9.91. The number of hydrogen-bond donors (Lipinski definition) is 5. The molecule has 0 aliphatic carbocycles. The molecule has 4 aromatic rings. The number of aromatic nitrogens is 1. The molecule has 2 atom stereocenters. The number of aromatic hydroxyl groups is 1. The van der Waals surface area contributed by atoms with Crippen LogP contribution in [0.15, 0.2) is 90.5 Å². The molecule has 1 aromatic heterocycles. The van der Waals surface area contributed by atoms with Crippen LogP contribution in [0.5, 0.6) is 5.75 Å². The number of fused-ring (bicyclic) bond motifs is 1. The Kier molecular flexibility index (Phi) is 12.2. The van der Waals surface area contributed by atoms with E-state index in [2.05, 4.69) is 38.0 Å². The van der Waals surface area contributed by atoms with Crippen molar-refractivity contribution < 1.29 is 28.6 Å². The summed E-state index contributed by atoms with van der Waals surface area (Å²) < 4.78 is 24.6. The number of alkyl halides is 1. The molecule has 8 rings (SSSR count). The quantitative estimate of drug-likeness (QED) is 0.132. The predicted molar refractivity (Wildman–Crippen MR) is 238 cm³/mol. The van der Waals surface area contributed by atoms with Crippen molar-refractivity contribution in [3.63, 3.8) is 0 Å². The van der Waals surface area contributed by atoms with Crippen molar-refractivity contribution in [3.05, 3.63) is 113 Å². The monoisotopic (exact) mass is 847 g/mol. The largest absolute Gasteiger partial charge is 0.507 e. The Morgan fingerprint density at radius 1 is 0.919 bits per heavy atom.